The molecule has 0 aliphatic carbocycles. The fraction of sp³-hybridized carbons (Fsp3) is 0.360. The molecule has 3 rings (SSSR count). The van der Waals surface area contributed by atoms with E-state index < -0.39 is 6.04 Å². The van der Waals surface area contributed by atoms with Gasteiger partial charge in [0.25, 0.3) is 0 Å². The number of carbonyl (C=O) groups is 2. The van der Waals surface area contributed by atoms with Crippen LogP contribution in [0.3, 0.4) is 0 Å². The average molecular weight is 438 g/mol. The van der Waals surface area contributed by atoms with Crippen LogP contribution in [0.1, 0.15) is 37.8 Å². The summed E-state index contributed by atoms with van der Waals surface area (Å²) in [5, 5.41) is 6.94. The molecule has 164 valence electrons. The minimum absolute atomic E-state index is 0.151. The van der Waals surface area contributed by atoms with Crippen molar-refractivity contribution in [3.63, 3.8) is 0 Å². The second-order valence-electron chi connectivity index (χ2n) is 7.71. The normalized spacial score (nSPS) is 11.9. The molecule has 2 aromatic carbocycles. The highest BCUT2D eigenvalue weighted by molar-refractivity contribution is 7.99. The molecule has 0 saturated heterocycles. The Hall–Kier alpha value is -2.73. The van der Waals surface area contributed by atoms with Crippen molar-refractivity contribution in [1.82, 2.24) is 15.6 Å². The Balaban J connectivity index is 1.52. The van der Waals surface area contributed by atoms with Crippen molar-refractivity contribution in [3.8, 4) is 0 Å². The zero-order valence-corrected chi connectivity index (χ0v) is 19.1. The Kier molecular flexibility index (Phi) is 8.59. The molecule has 6 heteroatoms. The van der Waals surface area contributed by atoms with Crippen LogP contribution in [0.5, 0.6) is 0 Å². The van der Waals surface area contributed by atoms with Crippen LogP contribution in [0, 0.1) is 0 Å². The van der Waals surface area contributed by atoms with Gasteiger partial charge in [-0.2, -0.15) is 0 Å². The van der Waals surface area contributed by atoms with Crippen LogP contribution >= 0.6 is 11.8 Å². The van der Waals surface area contributed by atoms with Crippen molar-refractivity contribution in [3.05, 3.63) is 65.9 Å². The lowest BCUT2D eigenvalue weighted by molar-refractivity contribution is -0.127. The SMILES string of the molecule is CCCCc1ccc(SCC(NC(C)=O)C(=O)NCCc2c[nH]c3ccccc23)cc1. The quantitative estimate of drug-likeness (QED) is 0.388. The summed E-state index contributed by atoms with van der Waals surface area (Å²) in [7, 11) is 0. The minimum Gasteiger partial charge on any atom is -0.361 e. The van der Waals surface area contributed by atoms with E-state index in [-0.39, 0.29) is 11.8 Å². The summed E-state index contributed by atoms with van der Waals surface area (Å²) < 4.78 is 0. The van der Waals surface area contributed by atoms with Gasteiger partial charge in [0.2, 0.25) is 11.8 Å². The van der Waals surface area contributed by atoms with E-state index in [0.29, 0.717) is 12.3 Å². The van der Waals surface area contributed by atoms with Gasteiger partial charge >= 0.3 is 0 Å². The highest BCUT2D eigenvalue weighted by Crippen LogP contribution is 2.21. The van der Waals surface area contributed by atoms with Crippen LogP contribution in [0.25, 0.3) is 10.9 Å². The molecule has 1 aromatic heterocycles. The molecule has 0 radical (unpaired) electrons. The molecule has 0 fully saturated rings. The molecule has 1 atom stereocenters. The van der Waals surface area contributed by atoms with Crippen LogP contribution < -0.4 is 10.6 Å². The number of aromatic nitrogens is 1. The van der Waals surface area contributed by atoms with Crippen molar-refractivity contribution in [1.29, 1.82) is 0 Å². The van der Waals surface area contributed by atoms with E-state index in [1.165, 1.54) is 36.3 Å². The number of para-hydroxylation sites is 1. The minimum atomic E-state index is -0.565. The fourth-order valence-corrected chi connectivity index (χ4v) is 4.45. The lowest BCUT2D eigenvalue weighted by atomic mass is 10.1. The predicted molar refractivity (Wildman–Crippen MR) is 128 cm³/mol. The van der Waals surface area contributed by atoms with E-state index in [1.807, 2.05) is 24.4 Å². The van der Waals surface area contributed by atoms with Crippen molar-refractivity contribution >= 4 is 34.5 Å². The lowest BCUT2D eigenvalue weighted by Crippen LogP contribution is -2.48. The summed E-state index contributed by atoms with van der Waals surface area (Å²) in [6.07, 6.45) is 6.19. The number of aryl methyl sites for hydroxylation is 1. The monoisotopic (exact) mass is 437 g/mol. The van der Waals surface area contributed by atoms with Crippen LogP contribution in [0.4, 0.5) is 0 Å². The molecular formula is C25H31N3O2S. The first-order chi connectivity index (χ1) is 15.1. The summed E-state index contributed by atoms with van der Waals surface area (Å²) >= 11 is 1.58. The Morgan fingerprint density at radius 3 is 2.58 bits per heavy atom. The molecule has 0 aliphatic rings. The maximum absolute atomic E-state index is 12.7. The predicted octanol–water partition coefficient (Wildman–Crippen LogP) is 4.47. The molecule has 0 aliphatic heterocycles. The Morgan fingerprint density at radius 1 is 1.06 bits per heavy atom. The first-order valence-corrected chi connectivity index (χ1v) is 11.9. The number of thioether (sulfide) groups is 1. The summed E-state index contributed by atoms with van der Waals surface area (Å²) in [4.78, 5) is 28.7. The van der Waals surface area contributed by atoms with Gasteiger partial charge in [0, 0.05) is 41.2 Å². The van der Waals surface area contributed by atoms with Crippen LogP contribution in [0.15, 0.2) is 59.6 Å². The van der Waals surface area contributed by atoms with Gasteiger partial charge in [-0.3, -0.25) is 9.59 Å². The molecule has 1 heterocycles. The van der Waals surface area contributed by atoms with Crippen molar-refractivity contribution < 1.29 is 9.59 Å². The highest BCUT2D eigenvalue weighted by Gasteiger charge is 2.19. The van der Waals surface area contributed by atoms with Crippen LogP contribution in [0.2, 0.25) is 0 Å². The summed E-state index contributed by atoms with van der Waals surface area (Å²) in [6.45, 7) is 4.16. The van der Waals surface area contributed by atoms with E-state index >= 15 is 0 Å². The zero-order valence-electron chi connectivity index (χ0n) is 18.2. The van der Waals surface area contributed by atoms with Crippen LogP contribution in [-0.4, -0.2) is 35.1 Å². The lowest BCUT2D eigenvalue weighted by Gasteiger charge is -2.17. The summed E-state index contributed by atoms with van der Waals surface area (Å²) in [5.74, 6) is 0.140. The first kappa shape index (κ1) is 22.9. The average Bonchev–Trinajstić information content (AvgIpc) is 3.18. The Bertz CT molecular complexity index is 997. The highest BCUT2D eigenvalue weighted by atomic mass is 32.2. The van der Waals surface area contributed by atoms with Gasteiger partial charge in [-0.25, -0.2) is 0 Å². The molecular weight excluding hydrogens is 406 g/mol. The largest absolute Gasteiger partial charge is 0.361 e. The number of carbonyl (C=O) groups excluding carboxylic acids is 2. The standard InChI is InChI=1S/C25H31N3O2S/c1-3-4-7-19-10-12-21(13-11-19)31-17-24(28-18(2)29)25(30)26-15-14-20-16-27-23-9-6-5-8-22(20)23/h5-6,8-13,16,24,27H,3-4,7,14-15,17H2,1-2H3,(H,26,30)(H,28,29). The molecule has 0 saturated carbocycles. The third-order valence-corrected chi connectivity index (χ3v) is 6.33. The third kappa shape index (κ3) is 6.89. The Morgan fingerprint density at radius 2 is 1.84 bits per heavy atom. The topological polar surface area (TPSA) is 74.0 Å². The van der Waals surface area contributed by atoms with Gasteiger partial charge in [0.05, 0.1) is 0 Å². The number of hydrogen-bond acceptors (Lipinski definition) is 3. The summed E-state index contributed by atoms with van der Waals surface area (Å²) in [5.41, 5.74) is 3.60. The fourth-order valence-electron chi connectivity index (χ4n) is 3.52. The van der Waals surface area contributed by atoms with Crippen molar-refractivity contribution in [2.24, 2.45) is 0 Å². The van der Waals surface area contributed by atoms with Gasteiger partial charge in [-0.15, -0.1) is 11.8 Å². The number of H-pyrrole nitrogens is 1. The van der Waals surface area contributed by atoms with E-state index in [4.69, 9.17) is 0 Å². The first-order valence-electron chi connectivity index (χ1n) is 10.9. The zero-order chi connectivity index (χ0) is 22.1. The number of amides is 2. The molecule has 3 N–H and O–H groups in total. The number of nitrogens with one attached hydrogen (secondary N) is 3. The van der Waals surface area contributed by atoms with Gasteiger partial charge in [0.15, 0.2) is 0 Å². The second-order valence-corrected chi connectivity index (χ2v) is 8.81. The van der Waals surface area contributed by atoms with Gasteiger partial charge in [-0.05, 0) is 48.6 Å². The van der Waals surface area contributed by atoms with E-state index in [0.717, 1.165) is 23.3 Å². The summed E-state index contributed by atoms with van der Waals surface area (Å²) in [6, 6.07) is 16.0. The van der Waals surface area contributed by atoms with Crippen LogP contribution in [-0.2, 0) is 22.4 Å². The second kappa shape index (κ2) is 11.6. The smallest absolute Gasteiger partial charge is 0.243 e. The number of rotatable bonds is 11. The molecule has 3 aromatic rings. The maximum atomic E-state index is 12.7. The van der Waals surface area contributed by atoms with Gasteiger partial charge in [0.1, 0.15) is 6.04 Å². The number of aromatic amines is 1. The Labute approximate surface area is 188 Å². The molecule has 31 heavy (non-hydrogen) atoms. The van der Waals surface area contributed by atoms with E-state index in [9.17, 15) is 9.59 Å². The number of unbranched alkanes of at least 4 members (excludes halogenated alkanes) is 1. The molecule has 5 nitrogen and oxygen atoms in total. The molecule has 0 bridgehead atoms. The number of fused-ring (bicyclic) bond motifs is 1. The van der Waals surface area contributed by atoms with Gasteiger partial charge < -0.3 is 15.6 Å². The van der Waals surface area contributed by atoms with Gasteiger partial charge in [-0.1, -0.05) is 43.7 Å². The van der Waals surface area contributed by atoms with E-state index in [2.05, 4.69) is 52.9 Å². The van der Waals surface area contributed by atoms with E-state index in [1.54, 1.807) is 11.8 Å². The third-order valence-electron chi connectivity index (χ3n) is 5.22. The number of hydrogen-bond donors (Lipinski definition) is 3. The molecule has 1 unspecified atom stereocenters. The molecule has 0 spiro atoms. The maximum Gasteiger partial charge on any atom is 0.243 e. The number of benzene rings is 2. The molecule has 2 amide bonds. The van der Waals surface area contributed by atoms with Crippen molar-refractivity contribution in [2.45, 2.75) is 50.5 Å². The van der Waals surface area contributed by atoms with Crippen molar-refractivity contribution in [2.75, 3.05) is 12.3 Å².